The topological polar surface area (TPSA) is 59.7 Å². The minimum absolute atomic E-state index is 0.202. The highest BCUT2D eigenvalue weighted by atomic mass is 35.5. The second-order valence-electron chi connectivity index (χ2n) is 4.65. The molecule has 3 rings (SSSR count). The Hall–Kier alpha value is -2.21. The molecular weight excluding hydrogens is 276 g/mol. The third-order valence-electron chi connectivity index (χ3n) is 3.04. The summed E-state index contributed by atoms with van der Waals surface area (Å²) in [4.78, 5) is 14.8. The van der Waals surface area contributed by atoms with Crippen molar-refractivity contribution >= 4 is 28.5 Å². The summed E-state index contributed by atoms with van der Waals surface area (Å²) in [5.74, 6) is 0.885. The summed E-state index contributed by atoms with van der Waals surface area (Å²) in [5, 5.41) is 5.26. The number of anilines is 1. The molecular formula is C13H13ClN6. The fourth-order valence-electron chi connectivity index (χ4n) is 2.01. The molecule has 0 aromatic carbocycles. The number of hydrogen-bond acceptors (Lipinski definition) is 5. The van der Waals surface area contributed by atoms with Crippen LogP contribution in [-0.4, -0.2) is 38.8 Å². The Balaban J connectivity index is 2.18. The van der Waals surface area contributed by atoms with Gasteiger partial charge in [0.25, 0.3) is 0 Å². The number of pyridine rings is 1. The van der Waals surface area contributed by atoms with Gasteiger partial charge in [0, 0.05) is 32.9 Å². The summed E-state index contributed by atoms with van der Waals surface area (Å²) < 4.78 is 1.67. The molecule has 3 heterocycles. The lowest BCUT2D eigenvalue weighted by Crippen LogP contribution is -2.10. The molecule has 0 aliphatic heterocycles. The molecule has 0 aliphatic rings. The van der Waals surface area contributed by atoms with Gasteiger partial charge < -0.3 is 4.90 Å². The van der Waals surface area contributed by atoms with Crippen LogP contribution in [0.1, 0.15) is 0 Å². The largest absolute Gasteiger partial charge is 0.363 e. The number of fused-ring (bicyclic) bond motifs is 1. The first kappa shape index (κ1) is 12.8. The van der Waals surface area contributed by atoms with E-state index in [9.17, 15) is 0 Å². The van der Waals surface area contributed by atoms with Crippen LogP contribution < -0.4 is 4.90 Å². The van der Waals surface area contributed by atoms with Crippen LogP contribution >= 0.6 is 11.6 Å². The van der Waals surface area contributed by atoms with E-state index in [0.717, 1.165) is 22.5 Å². The molecule has 0 atom stereocenters. The van der Waals surface area contributed by atoms with Gasteiger partial charge in [-0.15, -0.1) is 0 Å². The average Bonchev–Trinajstić information content (AvgIpc) is 2.80. The molecule has 3 aromatic heterocycles. The molecule has 0 radical (unpaired) electrons. The summed E-state index contributed by atoms with van der Waals surface area (Å²) >= 11 is 5.99. The zero-order valence-corrected chi connectivity index (χ0v) is 12.1. The van der Waals surface area contributed by atoms with Gasteiger partial charge >= 0.3 is 0 Å². The molecule has 0 saturated carbocycles. The maximum absolute atomic E-state index is 5.99. The van der Waals surface area contributed by atoms with E-state index in [4.69, 9.17) is 11.6 Å². The van der Waals surface area contributed by atoms with E-state index < -0.39 is 0 Å². The Morgan fingerprint density at radius 3 is 2.60 bits per heavy atom. The molecule has 7 heteroatoms. The molecule has 0 unspecified atom stereocenters. The van der Waals surface area contributed by atoms with Crippen molar-refractivity contribution in [2.75, 3.05) is 19.0 Å². The normalized spacial score (nSPS) is 11.0. The molecule has 0 aliphatic carbocycles. The SMILES string of the molecule is CN(C)c1ccc(-c2nc(Cl)nc3c2cnn3C)cn1. The summed E-state index contributed by atoms with van der Waals surface area (Å²) in [5.41, 5.74) is 2.33. The minimum Gasteiger partial charge on any atom is -0.363 e. The van der Waals surface area contributed by atoms with Gasteiger partial charge in [0.1, 0.15) is 5.82 Å². The van der Waals surface area contributed by atoms with Crippen molar-refractivity contribution in [3.05, 3.63) is 29.8 Å². The van der Waals surface area contributed by atoms with Crippen molar-refractivity contribution in [1.82, 2.24) is 24.7 Å². The fraction of sp³-hybridized carbons (Fsp3) is 0.231. The Morgan fingerprint density at radius 1 is 1.15 bits per heavy atom. The predicted octanol–water partition coefficient (Wildman–Crippen LogP) is 2.14. The van der Waals surface area contributed by atoms with Gasteiger partial charge in [0.15, 0.2) is 5.65 Å². The Bertz CT molecular complexity index is 762. The van der Waals surface area contributed by atoms with E-state index in [1.54, 1.807) is 17.1 Å². The Kier molecular flexibility index (Phi) is 3.02. The number of halogens is 1. The van der Waals surface area contributed by atoms with E-state index in [-0.39, 0.29) is 5.28 Å². The van der Waals surface area contributed by atoms with Crippen molar-refractivity contribution in [2.24, 2.45) is 7.05 Å². The zero-order chi connectivity index (χ0) is 14.3. The first-order valence-electron chi connectivity index (χ1n) is 6.05. The van der Waals surface area contributed by atoms with Crippen molar-refractivity contribution in [2.45, 2.75) is 0 Å². The smallest absolute Gasteiger partial charge is 0.225 e. The van der Waals surface area contributed by atoms with Gasteiger partial charge in [-0.3, -0.25) is 4.68 Å². The van der Waals surface area contributed by atoms with Crippen LogP contribution in [0.3, 0.4) is 0 Å². The Labute approximate surface area is 121 Å². The van der Waals surface area contributed by atoms with Crippen LogP contribution in [-0.2, 0) is 7.05 Å². The standard InChI is InChI=1S/C13H13ClN6/c1-19(2)10-5-4-8(6-15-10)11-9-7-16-20(3)12(9)18-13(14)17-11/h4-7H,1-3H3. The quantitative estimate of drug-likeness (QED) is 0.676. The van der Waals surface area contributed by atoms with E-state index in [1.807, 2.05) is 38.2 Å². The monoisotopic (exact) mass is 288 g/mol. The molecule has 0 spiro atoms. The minimum atomic E-state index is 0.202. The second-order valence-corrected chi connectivity index (χ2v) is 4.98. The van der Waals surface area contributed by atoms with Crippen molar-refractivity contribution < 1.29 is 0 Å². The van der Waals surface area contributed by atoms with Crippen molar-refractivity contribution in [3.8, 4) is 11.3 Å². The number of aryl methyl sites for hydroxylation is 1. The highest BCUT2D eigenvalue weighted by Crippen LogP contribution is 2.27. The molecule has 0 N–H and O–H groups in total. The van der Waals surface area contributed by atoms with E-state index in [1.165, 1.54) is 0 Å². The van der Waals surface area contributed by atoms with E-state index in [0.29, 0.717) is 5.65 Å². The third kappa shape index (κ3) is 2.08. The third-order valence-corrected chi connectivity index (χ3v) is 3.21. The van der Waals surface area contributed by atoms with Crippen molar-refractivity contribution in [3.63, 3.8) is 0 Å². The van der Waals surface area contributed by atoms with Gasteiger partial charge in [-0.2, -0.15) is 10.1 Å². The lowest BCUT2D eigenvalue weighted by atomic mass is 10.1. The zero-order valence-electron chi connectivity index (χ0n) is 11.4. The number of aromatic nitrogens is 5. The first-order chi connectivity index (χ1) is 9.56. The maximum Gasteiger partial charge on any atom is 0.225 e. The summed E-state index contributed by atoms with van der Waals surface area (Å²) in [6, 6.07) is 3.90. The molecule has 0 bridgehead atoms. The van der Waals surface area contributed by atoms with Gasteiger partial charge in [-0.25, -0.2) is 9.97 Å². The van der Waals surface area contributed by atoms with E-state index in [2.05, 4.69) is 20.1 Å². The van der Waals surface area contributed by atoms with Gasteiger partial charge in [-0.05, 0) is 23.7 Å². The molecule has 6 nitrogen and oxygen atoms in total. The van der Waals surface area contributed by atoms with Crippen LogP contribution in [0.25, 0.3) is 22.3 Å². The lowest BCUT2D eigenvalue weighted by Gasteiger charge is -2.11. The van der Waals surface area contributed by atoms with Crippen LogP contribution in [0.2, 0.25) is 5.28 Å². The van der Waals surface area contributed by atoms with Crippen LogP contribution in [0, 0.1) is 0 Å². The van der Waals surface area contributed by atoms with Crippen molar-refractivity contribution in [1.29, 1.82) is 0 Å². The number of hydrogen-bond donors (Lipinski definition) is 0. The fourth-order valence-corrected chi connectivity index (χ4v) is 2.17. The first-order valence-corrected chi connectivity index (χ1v) is 6.43. The highest BCUT2D eigenvalue weighted by Gasteiger charge is 2.12. The number of rotatable bonds is 2. The number of nitrogens with zero attached hydrogens (tertiary/aromatic N) is 6. The molecule has 20 heavy (non-hydrogen) atoms. The van der Waals surface area contributed by atoms with E-state index >= 15 is 0 Å². The summed E-state index contributed by atoms with van der Waals surface area (Å²) in [6.45, 7) is 0. The molecule has 0 amide bonds. The summed E-state index contributed by atoms with van der Waals surface area (Å²) in [6.07, 6.45) is 3.52. The van der Waals surface area contributed by atoms with Crippen LogP contribution in [0.4, 0.5) is 5.82 Å². The highest BCUT2D eigenvalue weighted by molar-refractivity contribution is 6.28. The Morgan fingerprint density at radius 2 is 1.95 bits per heavy atom. The van der Waals surface area contributed by atoms with Gasteiger partial charge in [-0.1, -0.05) is 0 Å². The molecule has 0 fully saturated rings. The molecule has 102 valence electrons. The summed E-state index contributed by atoms with van der Waals surface area (Å²) in [7, 11) is 5.72. The van der Waals surface area contributed by atoms with Gasteiger partial charge in [0.2, 0.25) is 5.28 Å². The average molecular weight is 289 g/mol. The lowest BCUT2D eigenvalue weighted by molar-refractivity contribution is 0.785. The van der Waals surface area contributed by atoms with Crippen LogP contribution in [0.15, 0.2) is 24.5 Å². The maximum atomic E-state index is 5.99. The molecule has 3 aromatic rings. The molecule has 0 saturated heterocycles. The second kappa shape index (κ2) is 4.72. The van der Waals surface area contributed by atoms with Gasteiger partial charge in [0.05, 0.1) is 17.3 Å². The predicted molar refractivity (Wildman–Crippen MR) is 78.9 cm³/mol. The van der Waals surface area contributed by atoms with Crippen LogP contribution in [0.5, 0.6) is 0 Å².